The minimum atomic E-state index is -0.841. The lowest BCUT2D eigenvalue weighted by Crippen LogP contribution is -2.39. The molecular weight excluding hydrogens is 406 g/mol. The van der Waals surface area contributed by atoms with Crippen molar-refractivity contribution in [3.8, 4) is 5.75 Å². The van der Waals surface area contributed by atoms with E-state index in [2.05, 4.69) is 27.9 Å². The number of likely N-dealkylation sites (tertiary alicyclic amines) is 1. The second-order valence-electron chi connectivity index (χ2n) is 9.26. The van der Waals surface area contributed by atoms with Crippen LogP contribution in [-0.4, -0.2) is 48.5 Å². The first-order valence-electron chi connectivity index (χ1n) is 10.3. The monoisotopic (exact) mass is 437 g/mol. The summed E-state index contributed by atoms with van der Waals surface area (Å²) in [6, 6.07) is 5.91. The van der Waals surface area contributed by atoms with Crippen molar-refractivity contribution in [2.24, 2.45) is 11.8 Å². The van der Waals surface area contributed by atoms with Crippen LogP contribution < -0.4 is 4.74 Å². The Bertz CT molecular complexity index is 666. The SMILES string of the molecule is CN1CCC(OC2CC3CC2CC3Oc2ccc(C(C)(C)O)cc2Br)CC1. The first-order chi connectivity index (χ1) is 12.8. The molecule has 4 unspecified atom stereocenters. The first kappa shape index (κ1) is 19.7. The predicted molar refractivity (Wildman–Crippen MR) is 110 cm³/mol. The molecule has 2 bridgehead atoms. The van der Waals surface area contributed by atoms with Crippen molar-refractivity contribution in [2.45, 2.75) is 69.9 Å². The predicted octanol–water partition coefficient (Wildman–Crippen LogP) is 4.33. The average Bonchev–Trinajstić information content (AvgIpc) is 3.18. The van der Waals surface area contributed by atoms with Crippen LogP contribution in [0.5, 0.6) is 5.75 Å². The van der Waals surface area contributed by atoms with Gasteiger partial charge >= 0.3 is 0 Å². The molecule has 3 fully saturated rings. The Balaban J connectivity index is 1.32. The Hall–Kier alpha value is -0.620. The van der Waals surface area contributed by atoms with Crippen molar-refractivity contribution in [3.05, 3.63) is 28.2 Å². The molecule has 1 saturated heterocycles. The number of ether oxygens (including phenoxy) is 2. The number of aliphatic hydroxyl groups is 1. The lowest BCUT2D eigenvalue weighted by atomic mass is 9.94. The summed E-state index contributed by atoms with van der Waals surface area (Å²) in [6.07, 6.45) is 6.99. The topological polar surface area (TPSA) is 41.9 Å². The summed E-state index contributed by atoms with van der Waals surface area (Å²) < 4.78 is 13.8. The molecule has 4 atom stereocenters. The lowest BCUT2D eigenvalue weighted by molar-refractivity contribution is -0.0711. The Kier molecular flexibility index (Phi) is 5.58. The van der Waals surface area contributed by atoms with Crippen molar-refractivity contribution < 1.29 is 14.6 Å². The molecule has 150 valence electrons. The minimum Gasteiger partial charge on any atom is -0.489 e. The molecule has 1 heterocycles. The molecular formula is C22H32BrNO3. The van der Waals surface area contributed by atoms with Gasteiger partial charge in [-0.3, -0.25) is 0 Å². The summed E-state index contributed by atoms with van der Waals surface area (Å²) in [7, 11) is 2.20. The van der Waals surface area contributed by atoms with Crippen LogP contribution in [0.3, 0.4) is 0 Å². The zero-order chi connectivity index (χ0) is 19.2. The number of hydrogen-bond donors (Lipinski definition) is 1. The van der Waals surface area contributed by atoms with Crippen LogP contribution in [-0.2, 0) is 10.3 Å². The minimum absolute atomic E-state index is 0.289. The Morgan fingerprint density at radius 2 is 1.74 bits per heavy atom. The van der Waals surface area contributed by atoms with Crippen molar-refractivity contribution in [2.75, 3.05) is 20.1 Å². The van der Waals surface area contributed by atoms with Crippen molar-refractivity contribution >= 4 is 15.9 Å². The van der Waals surface area contributed by atoms with Gasteiger partial charge in [0, 0.05) is 13.1 Å². The third kappa shape index (κ3) is 4.36. The molecule has 1 N–H and O–H groups in total. The lowest BCUT2D eigenvalue weighted by Gasteiger charge is -2.35. The summed E-state index contributed by atoms with van der Waals surface area (Å²) in [5.41, 5.74) is 0.0487. The molecule has 3 aliphatic rings. The van der Waals surface area contributed by atoms with Crippen molar-refractivity contribution in [1.82, 2.24) is 4.90 Å². The summed E-state index contributed by atoms with van der Waals surface area (Å²) in [5.74, 6) is 2.13. The van der Waals surface area contributed by atoms with Crippen LogP contribution in [0.15, 0.2) is 22.7 Å². The van der Waals surface area contributed by atoms with E-state index in [-0.39, 0.29) is 6.10 Å². The quantitative estimate of drug-likeness (QED) is 0.743. The third-order valence-electron chi connectivity index (χ3n) is 6.68. The highest BCUT2D eigenvalue weighted by atomic mass is 79.9. The number of benzene rings is 1. The molecule has 5 heteroatoms. The van der Waals surface area contributed by atoms with Crippen LogP contribution in [0.1, 0.15) is 51.5 Å². The van der Waals surface area contributed by atoms with E-state index in [1.165, 1.54) is 19.3 Å². The molecule has 2 saturated carbocycles. The molecule has 4 nitrogen and oxygen atoms in total. The van der Waals surface area contributed by atoms with Gasteiger partial charge in [-0.15, -0.1) is 0 Å². The summed E-state index contributed by atoms with van der Waals surface area (Å²) >= 11 is 3.62. The summed E-state index contributed by atoms with van der Waals surface area (Å²) in [6.45, 7) is 5.92. The number of rotatable bonds is 5. The number of halogens is 1. The zero-order valence-corrected chi connectivity index (χ0v) is 18.2. The molecule has 0 spiro atoms. The molecule has 1 aromatic carbocycles. The molecule has 4 rings (SSSR count). The van der Waals surface area contributed by atoms with Gasteiger partial charge in [0.1, 0.15) is 11.9 Å². The molecule has 0 aromatic heterocycles. The molecule has 0 amide bonds. The largest absolute Gasteiger partial charge is 0.489 e. The standard InChI is InChI=1S/C22H32BrNO3/c1-22(2,25)16-4-5-19(18(23)13-16)27-21-12-14-10-15(21)11-20(14)26-17-6-8-24(3)9-7-17/h4-5,13-15,17,20-21,25H,6-12H2,1-3H3. The number of nitrogens with zero attached hydrogens (tertiary/aromatic N) is 1. The van der Waals surface area contributed by atoms with Gasteiger partial charge < -0.3 is 19.5 Å². The highest BCUT2D eigenvalue weighted by molar-refractivity contribution is 9.10. The second kappa shape index (κ2) is 7.66. The number of fused-ring (bicyclic) bond motifs is 2. The van der Waals surface area contributed by atoms with Crippen LogP contribution in [0, 0.1) is 11.8 Å². The van der Waals surface area contributed by atoms with Gasteiger partial charge in [0.15, 0.2) is 0 Å². The van der Waals surface area contributed by atoms with Gasteiger partial charge in [-0.1, -0.05) is 6.07 Å². The van der Waals surface area contributed by atoms with Gasteiger partial charge in [0.05, 0.1) is 22.3 Å². The van der Waals surface area contributed by atoms with E-state index in [1.54, 1.807) is 13.8 Å². The van der Waals surface area contributed by atoms with E-state index in [0.717, 1.165) is 41.7 Å². The van der Waals surface area contributed by atoms with E-state index >= 15 is 0 Å². The van der Waals surface area contributed by atoms with Crippen molar-refractivity contribution in [1.29, 1.82) is 0 Å². The normalized spacial score (nSPS) is 32.2. The van der Waals surface area contributed by atoms with E-state index < -0.39 is 5.60 Å². The van der Waals surface area contributed by atoms with Gasteiger partial charge in [0.25, 0.3) is 0 Å². The fourth-order valence-corrected chi connectivity index (χ4v) is 5.46. The van der Waals surface area contributed by atoms with Crippen LogP contribution in [0.2, 0.25) is 0 Å². The van der Waals surface area contributed by atoms with Gasteiger partial charge in [-0.25, -0.2) is 0 Å². The number of piperidine rings is 1. The second-order valence-corrected chi connectivity index (χ2v) is 10.1. The summed E-state index contributed by atoms with van der Waals surface area (Å²) in [5, 5.41) is 10.2. The molecule has 27 heavy (non-hydrogen) atoms. The molecule has 2 aliphatic carbocycles. The highest BCUT2D eigenvalue weighted by Gasteiger charge is 2.48. The first-order valence-corrected chi connectivity index (χ1v) is 11.1. The summed E-state index contributed by atoms with van der Waals surface area (Å²) in [4.78, 5) is 2.39. The van der Waals surface area contributed by atoms with Gasteiger partial charge in [-0.2, -0.15) is 0 Å². The number of hydrogen-bond acceptors (Lipinski definition) is 4. The van der Waals surface area contributed by atoms with E-state index in [4.69, 9.17) is 9.47 Å². The fraction of sp³-hybridized carbons (Fsp3) is 0.727. The van der Waals surface area contributed by atoms with Crippen LogP contribution >= 0.6 is 15.9 Å². The zero-order valence-electron chi connectivity index (χ0n) is 16.7. The fourth-order valence-electron chi connectivity index (χ4n) is 4.99. The Morgan fingerprint density at radius 1 is 1.07 bits per heavy atom. The van der Waals surface area contributed by atoms with Gasteiger partial charge in [0.2, 0.25) is 0 Å². The highest BCUT2D eigenvalue weighted by Crippen LogP contribution is 2.48. The maximum Gasteiger partial charge on any atom is 0.133 e. The van der Waals surface area contributed by atoms with Crippen LogP contribution in [0.25, 0.3) is 0 Å². The smallest absolute Gasteiger partial charge is 0.133 e. The Labute approximate surface area is 171 Å². The van der Waals surface area contributed by atoms with Gasteiger partial charge in [-0.05, 0) is 98.5 Å². The van der Waals surface area contributed by atoms with E-state index in [1.807, 2.05) is 18.2 Å². The van der Waals surface area contributed by atoms with Crippen LogP contribution in [0.4, 0.5) is 0 Å². The maximum atomic E-state index is 10.2. The maximum absolute atomic E-state index is 10.2. The molecule has 0 radical (unpaired) electrons. The molecule has 1 aliphatic heterocycles. The average molecular weight is 438 g/mol. The van der Waals surface area contributed by atoms with E-state index in [9.17, 15) is 5.11 Å². The third-order valence-corrected chi connectivity index (χ3v) is 7.30. The Morgan fingerprint density at radius 3 is 2.33 bits per heavy atom. The van der Waals surface area contributed by atoms with E-state index in [0.29, 0.717) is 24.0 Å². The van der Waals surface area contributed by atoms with Crippen molar-refractivity contribution in [3.63, 3.8) is 0 Å². The molecule has 1 aromatic rings.